The summed E-state index contributed by atoms with van der Waals surface area (Å²) in [5.74, 6) is -5.72. The van der Waals surface area contributed by atoms with Crippen molar-refractivity contribution in [3.05, 3.63) is 76.8 Å². The summed E-state index contributed by atoms with van der Waals surface area (Å²) in [6.07, 6.45) is -23.5. The molecule has 1 aromatic rings. The second-order valence-corrected chi connectivity index (χ2v) is 17.7. The van der Waals surface area contributed by atoms with Crippen molar-refractivity contribution in [2.24, 2.45) is 11.8 Å². The molecule has 0 spiro atoms. The van der Waals surface area contributed by atoms with Crippen molar-refractivity contribution in [3.8, 4) is 5.75 Å². The maximum absolute atomic E-state index is 13.6. The van der Waals surface area contributed by atoms with Gasteiger partial charge in [-0.1, -0.05) is 24.3 Å². The topological polar surface area (TPSA) is 402 Å². The highest BCUT2D eigenvalue weighted by molar-refractivity contribution is 5.91. The van der Waals surface area contributed by atoms with E-state index in [1.54, 1.807) is 19.1 Å². The van der Waals surface area contributed by atoms with Crippen molar-refractivity contribution in [2.45, 2.75) is 138 Å². The second kappa shape index (κ2) is 26.8. The van der Waals surface area contributed by atoms with Crippen LogP contribution in [0.25, 0.3) is 0 Å². The molecule has 11 N–H and O–H groups in total. The molecule has 5 aliphatic rings. The molecular weight excluding hydrogens is 1010 g/mol. The van der Waals surface area contributed by atoms with Gasteiger partial charge in [-0.25, -0.2) is 9.59 Å². The van der Waals surface area contributed by atoms with Crippen LogP contribution >= 0.6 is 0 Å². The van der Waals surface area contributed by atoms with E-state index in [1.165, 1.54) is 31.2 Å². The molecule has 27 heteroatoms. The molecule has 75 heavy (non-hydrogen) atoms. The van der Waals surface area contributed by atoms with Crippen molar-refractivity contribution in [1.82, 2.24) is 0 Å². The van der Waals surface area contributed by atoms with Crippen molar-refractivity contribution in [2.75, 3.05) is 40.6 Å². The molecule has 5 aliphatic heterocycles. The molecule has 0 radical (unpaired) electrons. The van der Waals surface area contributed by atoms with Gasteiger partial charge in [0.15, 0.2) is 25.0 Å². The third kappa shape index (κ3) is 13.6. The van der Waals surface area contributed by atoms with Crippen molar-refractivity contribution in [1.29, 1.82) is 0 Å². The minimum absolute atomic E-state index is 0.0730. The molecule has 0 aromatic heterocycles. The molecule has 19 atom stereocenters. The Labute approximate surface area is 428 Å². The molecule has 3 fully saturated rings. The summed E-state index contributed by atoms with van der Waals surface area (Å²) >= 11 is 0. The number of carbonyl (C=O) groups excluding carboxylic acids is 4. The Hall–Kier alpha value is -5.02. The normalized spacial score (nSPS) is 37.1. The van der Waals surface area contributed by atoms with Gasteiger partial charge < -0.3 is 113 Å². The average molecular weight is 1070 g/mol. The molecule has 5 heterocycles. The van der Waals surface area contributed by atoms with Crippen LogP contribution in [0.1, 0.15) is 32.3 Å². The Morgan fingerprint density at radius 3 is 1.44 bits per heavy atom. The summed E-state index contributed by atoms with van der Waals surface area (Å²) in [6.45, 7) is 0.685. The first-order chi connectivity index (χ1) is 35.8. The zero-order chi connectivity index (χ0) is 54.8. The van der Waals surface area contributed by atoms with Crippen molar-refractivity contribution in [3.63, 3.8) is 0 Å². The van der Waals surface area contributed by atoms with Gasteiger partial charge in [-0.2, -0.15) is 0 Å². The number of esters is 4. The summed E-state index contributed by atoms with van der Waals surface area (Å²) in [6, 6.07) is 6.15. The van der Waals surface area contributed by atoms with Gasteiger partial charge in [0.25, 0.3) is 0 Å². The lowest BCUT2D eigenvalue weighted by Gasteiger charge is -2.42. The Morgan fingerprint density at radius 2 is 1.00 bits per heavy atom. The van der Waals surface area contributed by atoms with E-state index < -0.39 is 173 Å². The lowest BCUT2D eigenvalue weighted by Crippen LogP contribution is -2.60. The van der Waals surface area contributed by atoms with Crippen LogP contribution in [0.2, 0.25) is 0 Å². The predicted octanol–water partition coefficient (Wildman–Crippen LogP) is -4.13. The SMILES string of the molecule is CC=C1C(OC2OC(CO)C(O)C(O)C2O)OC=C(C(=O)OC)C1CC(=O)Oc1ccc(CCOC2OC(CO)C(OC(=O)CC3C(C(=O)OC)=COC(OC4OC(CO)C(O)C(O)C4O)C3=CC)C(O)C2O)cc1. The molecule has 27 nitrogen and oxygen atoms in total. The van der Waals surface area contributed by atoms with Crippen molar-refractivity contribution < 1.29 is 132 Å². The van der Waals surface area contributed by atoms with Crippen LogP contribution in [0.4, 0.5) is 0 Å². The van der Waals surface area contributed by atoms with E-state index in [9.17, 15) is 75.3 Å². The molecule has 0 aliphatic carbocycles. The number of aliphatic hydroxyl groups is 11. The van der Waals surface area contributed by atoms with Crippen LogP contribution in [0.15, 0.2) is 71.2 Å². The molecule has 3 saturated heterocycles. The summed E-state index contributed by atoms with van der Waals surface area (Å²) in [5.41, 5.74) is 0.717. The van der Waals surface area contributed by atoms with Gasteiger partial charge in [-0.3, -0.25) is 9.59 Å². The van der Waals surface area contributed by atoms with Gasteiger partial charge in [0.2, 0.25) is 12.6 Å². The second-order valence-electron chi connectivity index (χ2n) is 17.7. The number of hydrogen-bond acceptors (Lipinski definition) is 27. The van der Waals surface area contributed by atoms with Crippen LogP contribution in [-0.2, 0) is 77.7 Å². The highest BCUT2D eigenvalue weighted by atomic mass is 16.8. The number of hydrogen-bond donors (Lipinski definition) is 11. The molecular formula is C48H64O27. The van der Waals surface area contributed by atoms with Crippen LogP contribution < -0.4 is 4.74 Å². The zero-order valence-corrected chi connectivity index (χ0v) is 41.0. The summed E-state index contributed by atoms with van der Waals surface area (Å²) in [5, 5.41) is 113. The van der Waals surface area contributed by atoms with Crippen molar-refractivity contribution >= 4 is 23.9 Å². The monoisotopic (exact) mass is 1070 g/mol. The Bertz CT molecular complexity index is 2230. The standard InChI is InChI=1S/C48H64O27/c1-5-22-24(26(42(62)64-3)18-67-44(22)74-47-38(59)35(56)33(54)28(15-49)70-47)13-31(52)69-21-9-7-20(8-10-21)11-12-66-46-40(61)37(58)41(30(17-51)72-46)73-32(53)14-25-23(6-2)45(68-19-27(25)43(63)65-4)75-48-39(60)36(57)34(55)29(16-50)71-48/h5-10,18-19,24-25,28-30,33-41,44-51,54-61H,11-17H2,1-4H3. The summed E-state index contributed by atoms with van der Waals surface area (Å²) in [4.78, 5) is 52.5. The van der Waals surface area contributed by atoms with E-state index in [2.05, 4.69) is 0 Å². The Morgan fingerprint density at radius 1 is 0.560 bits per heavy atom. The van der Waals surface area contributed by atoms with E-state index in [-0.39, 0.29) is 41.1 Å². The first kappa shape index (κ1) is 59.2. The number of allylic oxidation sites excluding steroid dienone is 2. The van der Waals surface area contributed by atoms with Crippen LogP contribution in [0.3, 0.4) is 0 Å². The molecule has 418 valence electrons. The molecule has 0 saturated carbocycles. The first-order valence-corrected chi connectivity index (χ1v) is 23.7. The van der Waals surface area contributed by atoms with E-state index in [0.717, 1.165) is 26.7 Å². The fraction of sp³-hybridized carbons (Fsp3) is 0.625. The largest absolute Gasteiger partial charge is 0.468 e. The number of rotatable bonds is 19. The molecule has 1 aromatic carbocycles. The van der Waals surface area contributed by atoms with E-state index in [0.29, 0.717) is 5.56 Å². The van der Waals surface area contributed by atoms with E-state index in [1.807, 2.05) is 0 Å². The predicted molar refractivity (Wildman–Crippen MR) is 243 cm³/mol. The minimum Gasteiger partial charge on any atom is -0.468 e. The summed E-state index contributed by atoms with van der Waals surface area (Å²) < 4.78 is 65.9. The fourth-order valence-corrected chi connectivity index (χ4v) is 8.91. The van der Waals surface area contributed by atoms with E-state index >= 15 is 0 Å². The quantitative estimate of drug-likeness (QED) is 0.0271. The number of methoxy groups -OCH3 is 2. The summed E-state index contributed by atoms with van der Waals surface area (Å²) in [7, 11) is 2.21. The first-order valence-electron chi connectivity index (χ1n) is 23.7. The highest BCUT2D eigenvalue weighted by Gasteiger charge is 2.51. The Balaban J connectivity index is 1.02. The fourth-order valence-electron chi connectivity index (χ4n) is 8.91. The molecule has 6 rings (SSSR count). The maximum Gasteiger partial charge on any atom is 0.337 e. The number of aliphatic hydroxyl groups excluding tert-OH is 11. The van der Waals surface area contributed by atoms with Gasteiger partial charge in [0.05, 0.1) is 77.2 Å². The van der Waals surface area contributed by atoms with Gasteiger partial charge >= 0.3 is 23.9 Å². The lowest BCUT2D eigenvalue weighted by atomic mass is 9.86. The van der Waals surface area contributed by atoms with Gasteiger partial charge in [0.1, 0.15) is 72.9 Å². The van der Waals surface area contributed by atoms with Crippen LogP contribution in [0, 0.1) is 11.8 Å². The third-order valence-corrected chi connectivity index (χ3v) is 13.1. The lowest BCUT2D eigenvalue weighted by molar-refractivity contribution is -0.327. The molecule has 0 amide bonds. The molecule has 0 bridgehead atoms. The van der Waals surface area contributed by atoms with E-state index in [4.69, 9.17) is 56.8 Å². The van der Waals surface area contributed by atoms with Gasteiger partial charge in [0, 0.05) is 23.0 Å². The zero-order valence-electron chi connectivity index (χ0n) is 41.0. The highest BCUT2D eigenvalue weighted by Crippen LogP contribution is 2.39. The van der Waals surface area contributed by atoms with Gasteiger partial charge in [-0.05, 0) is 38.0 Å². The minimum atomic E-state index is -1.86. The van der Waals surface area contributed by atoms with Crippen LogP contribution in [-0.4, -0.2) is 225 Å². The Kier molecular flexibility index (Phi) is 21.2. The smallest absolute Gasteiger partial charge is 0.337 e. The number of ether oxygens (including phenoxy) is 12. The third-order valence-electron chi connectivity index (χ3n) is 13.1. The average Bonchev–Trinajstić information content (AvgIpc) is 3.40. The van der Waals surface area contributed by atoms with Gasteiger partial charge in [-0.15, -0.1) is 0 Å². The van der Waals surface area contributed by atoms with Crippen LogP contribution in [0.5, 0.6) is 5.75 Å². The number of carbonyl (C=O) groups is 4. The maximum atomic E-state index is 13.6. The molecule has 19 unspecified atom stereocenters. The number of benzene rings is 1.